The van der Waals surface area contributed by atoms with Crippen molar-refractivity contribution < 1.29 is 4.74 Å². The third-order valence-corrected chi connectivity index (χ3v) is 5.22. The van der Waals surface area contributed by atoms with Crippen LogP contribution in [0, 0.1) is 0 Å². The van der Waals surface area contributed by atoms with E-state index in [0.717, 1.165) is 26.2 Å². The Bertz CT molecular complexity index is 563. The van der Waals surface area contributed by atoms with Crippen LogP contribution in [0.4, 0.5) is 0 Å². The zero-order valence-electron chi connectivity index (χ0n) is 12.7. The summed E-state index contributed by atoms with van der Waals surface area (Å²) in [7, 11) is 1.78. The molecule has 0 aliphatic carbocycles. The Morgan fingerprint density at radius 3 is 3.10 bits per heavy atom. The fraction of sp³-hybridized carbons (Fsp3) is 0.529. The minimum Gasteiger partial charge on any atom is -0.383 e. The molecule has 1 unspecified atom stereocenters. The summed E-state index contributed by atoms with van der Waals surface area (Å²) in [6, 6.07) is 9.35. The van der Waals surface area contributed by atoms with Crippen LogP contribution in [0.25, 0.3) is 10.1 Å². The molecule has 1 aromatic carbocycles. The van der Waals surface area contributed by atoms with Gasteiger partial charge in [0.1, 0.15) is 0 Å². The first kappa shape index (κ1) is 15.0. The highest BCUT2D eigenvalue weighted by molar-refractivity contribution is 7.17. The van der Waals surface area contributed by atoms with Crippen molar-refractivity contribution in [3.05, 3.63) is 35.2 Å². The lowest BCUT2D eigenvalue weighted by atomic mass is 10.1. The van der Waals surface area contributed by atoms with Crippen LogP contribution in [0.15, 0.2) is 29.6 Å². The normalized spacial score (nSPS) is 18.9. The number of ether oxygens (including phenoxy) is 1. The lowest BCUT2D eigenvalue weighted by Crippen LogP contribution is -2.38. The largest absolute Gasteiger partial charge is 0.383 e. The van der Waals surface area contributed by atoms with Crippen molar-refractivity contribution in [3.63, 3.8) is 0 Å². The summed E-state index contributed by atoms with van der Waals surface area (Å²) in [4.78, 5) is 2.53. The number of methoxy groups -OCH3 is 1. The maximum atomic E-state index is 5.28. The molecule has 3 rings (SSSR count). The summed E-state index contributed by atoms with van der Waals surface area (Å²) in [6.07, 6.45) is 2.61. The van der Waals surface area contributed by atoms with Crippen molar-refractivity contribution in [3.8, 4) is 0 Å². The fourth-order valence-electron chi connectivity index (χ4n) is 3.08. The number of nitrogens with one attached hydrogen (secondary N) is 1. The van der Waals surface area contributed by atoms with Crippen LogP contribution < -0.4 is 5.32 Å². The van der Waals surface area contributed by atoms with Crippen LogP contribution in [-0.2, 0) is 11.3 Å². The molecule has 1 N–H and O–H groups in total. The van der Waals surface area contributed by atoms with Gasteiger partial charge in [-0.1, -0.05) is 18.2 Å². The van der Waals surface area contributed by atoms with Gasteiger partial charge in [0, 0.05) is 37.5 Å². The van der Waals surface area contributed by atoms with Crippen molar-refractivity contribution in [1.29, 1.82) is 0 Å². The predicted octanol–water partition coefficient (Wildman–Crippen LogP) is 3.10. The number of fused-ring (bicyclic) bond motifs is 1. The van der Waals surface area contributed by atoms with Gasteiger partial charge >= 0.3 is 0 Å². The standard InChI is InChI=1S/C17H24N2OS/c1-20-10-9-19(12-15-5-4-8-18-15)11-14-13-21-17-7-3-2-6-16(14)17/h2-3,6-7,13,15,18H,4-5,8-12H2,1H3. The summed E-state index contributed by atoms with van der Waals surface area (Å²) in [5, 5.41) is 7.32. The van der Waals surface area contributed by atoms with E-state index in [1.54, 1.807) is 7.11 Å². The molecule has 0 radical (unpaired) electrons. The van der Waals surface area contributed by atoms with Gasteiger partial charge in [0.15, 0.2) is 0 Å². The van der Waals surface area contributed by atoms with Gasteiger partial charge < -0.3 is 10.1 Å². The molecule has 0 bridgehead atoms. The Hall–Kier alpha value is -0.940. The Morgan fingerprint density at radius 2 is 2.29 bits per heavy atom. The van der Waals surface area contributed by atoms with Crippen LogP contribution >= 0.6 is 11.3 Å². The molecule has 1 aromatic heterocycles. The Labute approximate surface area is 130 Å². The van der Waals surface area contributed by atoms with E-state index in [2.05, 4.69) is 39.9 Å². The molecule has 21 heavy (non-hydrogen) atoms. The highest BCUT2D eigenvalue weighted by Crippen LogP contribution is 2.26. The molecule has 114 valence electrons. The van der Waals surface area contributed by atoms with Gasteiger partial charge in [0.2, 0.25) is 0 Å². The van der Waals surface area contributed by atoms with E-state index in [-0.39, 0.29) is 0 Å². The van der Waals surface area contributed by atoms with Crippen LogP contribution in [0.3, 0.4) is 0 Å². The van der Waals surface area contributed by atoms with Gasteiger partial charge in [-0.15, -0.1) is 11.3 Å². The van der Waals surface area contributed by atoms with Crippen LogP contribution in [0.5, 0.6) is 0 Å². The second kappa shape index (κ2) is 7.36. The monoisotopic (exact) mass is 304 g/mol. The molecule has 1 aliphatic rings. The molecule has 0 amide bonds. The molecule has 1 saturated heterocycles. The molecule has 0 spiro atoms. The minimum atomic E-state index is 0.645. The molecule has 0 saturated carbocycles. The van der Waals surface area contributed by atoms with Gasteiger partial charge in [0.25, 0.3) is 0 Å². The van der Waals surface area contributed by atoms with Gasteiger partial charge in [-0.2, -0.15) is 0 Å². The second-order valence-electron chi connectivity index (χ2n) is 5.78. The van der Waals surface area contributed by atoms with E-state index < -0.39 is 0 Å². The first-order valence-electron chi connectivity index (χ1n) is 7.76. The Balaban J connectivity index is 1.70. The van der Waals surface area contributed by atoms with E-state index in [1.165, 1.54) is 35.0 Å². The lowest BCUT2D eigenvalue weighted by molar-refractivity contribution is 0.138. The first-order valence-corrected chi connectivity index (χ1v) is 8.64. The van der Waals surface area contributed by atoms with Gasteiger partial charge in [-0.05, 0) is 41.8 Å². The summed E-state index contributed by atoms with van der Waals surface area (Å²) >= 11 is 1.85. The summed E-state index contributed by atoms with van der Waals surface area (Å²) in [5.41, 5.74) is 1.45. The third-order valence-electron chi connectivity index (χ3n) is 4.21. The number of hydrogen-bond donors (Lipinski definition) is 1. The lowest BCUT2D eigenvalue weighted by Gasteiger charge is -2.25. The molecule has 2 aromatic rings. The molecule has 1 atom stereocenters. The molecular weight excluding hydrogens is 280 g/mol. The number of nitrogens with zero attached hydrogens (tertiary/aromatic N) is 1. The van der Waals surface area contributed by atoms with E-state index in [4.69, 9.17) is 4.74 Å². The van der Waals surface area contributed by atoms with Crippen molar-refractivity contribution in [2.45, 2.75) is 25.4 Å². The maximum Gasteiger partial charge on any atom is 0.0589 e. The van der Waals surface area contributed by atoms with Crippen LogP contribution in [0.1, 0.15) is 18.4 Å². The average molecular weight is 304 g/mol. The highest BCUT2D eigenvalue weighted by atomic mass is 32.1. The van der Waals surface area contributed by atoms with Gasteiger partial charge in [-0.3, -0.25) is 4.90 Å². The number of hydrogen-bond acceptors (Lipinski definition) is 4. The summed E-state index contributed by atoms with van der Waals surface area (Å²) in [6.45, 7) is 5.11. The smallest absolute Gasteiger partial charge is 0.0589 e. The minimum absolute atomic E-state index is 0.645. The van der Waals surface area contributed by atoms with E-state index >= 15 is 0 Å². The summed E-state index contributed by atoms with van der Waals surface area (Å²) < 4.78 is 6.67. The molecule has 4 heteroatoms. The van der Waals surface area contributed by atoms with E-state index in [9.17, 15) is 0 Å². The second-order valence-corrected chi connectivity index (χ2v) is 6.69. The van der Waals surface area contributed by atoms with Crippen molar-refractivity contribution >= 4 is 21.4 Å². The van der Waals surface area contributed by atoms with Gasteiger partial charge in [-0.25, -0.2) is 0 Å². The molecule has 3 nitrogen and oxygen atoms in total. The third kappa shape index (κ3) is 3.83. The topological polar surface area (TPSA) is 24.5 Å². The predicted molar refractivity (Wildman–Crippen MR) is 90.0 cm³/mol. The Kier molecular flexibility index (Phi) is 5.25. The fourth-order valence-corrected chi connectivity index (χ4v) is 4.03. The molecule has 2 heterocycles. The first-order chi connectivity index (χ1) is 10.4. The zero-order valence-corrected chi connectivity index (χ0v) is 13.5. The maximum absolute atomic E-state index is 5.28. The highest BCUT2D eigenvalue weighted by Gasteiger charge is 2.18. The van der Waals surface area contributed by atoms with Crippen LogP contribution in [0.2, 0.25) is 0 Å². The van der Waals surface area contributed by atoms with Crippen LogP contribution in [-0.4, -0.2) is 44.3 Å². The van der Waals surface area contributed by atoms with E-state index in [1.807, 2.05) is 11.3 Å². The SMILES string of the molecule is COCCN(Cc1csc2ccccc12)CC1CCCN1. The average Bonchev–Trinajstić information content (AvgIpc) is 3.15. The van der Waals surface area contributed by atoms with Crippen molar-refractivity contribution in [2.75, 3.05) is 33.4 Å². The quantitative estimate of drug-likeness (QED) is 0.850. The van der Waals surface area contributed by atoms with Crippen molar-refractivity contribution in [1.82, 2.24) is 10.2 Å². The molecule has 1 aliphatic heterocycles. The molecule has 1 fully saturated rings. The Morgan fingerprint density at radius 1 is 1.38 bits per heavy atom. The van der Waals surface area contributed by atoms with Crippen molar-refractivity contribution in [2.24, 2.45) is 0 Å². The number of benzene rings is 1. The zero-order chi connectivity index (χ0) is 14.5. The van der Waals surface area contributed by atoms with E-state index in [0.29, 0.717) is 6.04 Å². The number of thiophene rings is 1. The number of rotatable bonds is 7. The molecular formula is C17H24N2OS. The summed E-state index contributed by atoms with van der Waals surface area (Å²) in [5.74, 6) is 0. The van der Waals surface area contributed by atoms with Gasteiger partial charge in [0.05, 0.1) is 6.61 Å².